The summed E-state index contributed by atoms with van der Waals surface area (Å²) in [7, 11) is 0. The van der Waals surface area contributed by atoms with E-state index >= 15 is 0 Å². The molecule has 3 atom stereocenters. The van der Waals surface area contributed by atoms with Gasteiger partial charge in [0.05, 0.1) is 18.5 Å². The lowest BCUT2D eigenvalue weighted by molar-refractivity contribution is 0.240. The molecule has 0 bridgehead atoms. The van der Waals surface area contributed by atoms with E-state index in [-0.39, 0.29) is 18.5 Å². The molecule has 4 aliphatic rings. The van der Waals surface area contributed by atoms with Gasteiger partial charge in [0.15, 0.2) is 0 Å². The number of rotatable bonds is 5. The van der Waals surface area contributed by atoms with E-state index in [1.807, 2.05) is 6.20 Å². The van der Waals surface area contributed by atoms with Gasteiger partial charge in [-0.1, -0.05) is 54.7 Å². The molecule has 1 aliphatic heterocycles. The highest BCUT2D eigenvalue weighted by Gasteiger charge is 2.31. The fraction of sp³-hybridized carbons (Fsp3) is 0.290. The van der Waals surface area contributed by atoms with Gasteiger partial charge in [0.25, 0.3) is 0 Å². The lowest BCUT2D eigenvalue weighted by Crippen LogP contribution is -2.64. The molecule has 0 saturated carbocycles. The van der Waals surface area contributed by atoms with Crippen LogP contribution in [0.4, 0.5) is 0 Å². The van der Waals surface area contributed by atoms with Crippen molar-refractivity contribution < 1.29 is 0 Å². The summed E-state index contributed by atoms with van der Waals surface area (Å²) in [4.78, 5) is 3.23. The number of H-pyrrole nitrogens is 1. The fourth-order valence-corrected chi connectivity index (χ4v) is 5.44. The van der Waals surface area contributed by atoms with Gasteiger partial charge >= 0.3 is 0 Å². The van der Waals surface area contributed by atoms with Crippen LogP contribution >= 0.6 is 0 Å². The highest BCUT2D eigenvalue weighted by molar-refractivity contribution is 5.79. The van der Waals surface area contributed by atoms with Gasteiger partial charge in [0.1, 0.15) is 0 Å². The van der Waals surface area contributed by atoms with Gasteiger partial charge in [-0.25, -0.2) is 0 Å². The zero-order valence-electron chi connectivity index (χ0n) is 20.1. The van der Waals surface area contributed by atoms with E-state index in [9.17, 15) is 0 Å². The lowest BCUT2D eigenvalue weighted by Gasteiger charge is -2.41. The third-order valence-electron chi connectivity index (χ3n) is 7.32. The summed E-state index contributed by atoms with van der Waals surface area (Å²) in [6, 6.07) is 9.18. The number of allylic oxidation sites excluding steroid dienone is 9. The standard InChI is InChI=1S/C31H34N4/c1-4-10-22(11-5-1)26-18-27(25-16-17-32-21-25)20-28(19-26)31-34-29(23-12-6-2-7-13-23)33-30(35-31)24-14-8-3-9-15-24/h2,4,6,8,10-12,14-21,29-35H,1,3,5,7,9,13H2. The highest BCUT2D eigenvalue weighted by Crippen LogP contribution is 2.32. The Balaban J connectivity index is 1.39. The van der Waals surface area contributed by atoms with Crippen LogP contribution in [0.5, 0.6) is 0 Å². The van der Waals surface area contributed by atoms with E-state index in [4.69, 9.17) is 0 Å². The Bertz CT molecular complexity index is 1240. The van der Waals surface area contributed by atoms with Crippen LogP contribution in [0.2, 0.25) is 0 Å². The number of nitrogens with one attached hydrogen (secondary N) is 4. The maximum atomic E-state index is 3.89. The van der Waals surface area contributed by atoms with Gasteiger partial charge in [-0.2, -0.15) is 0 Å². The van der Waals surface area contributed by atoms with E-state index in [0.717, 1.165) is 38.5 Å². The summed E-state index contributed by atoms with van der Waals surface area (Å²) in [5, 5.41) is 11.6. The predicted octanol–water partition coefficient (Wildman–Crippen LogP) is 6.40. The first-order valence-corrected chi connectivity index (χ1v) is 13.0. The summed E-state index contributed by atoms with van der Waals surface area (Å²) in [5.41, 5.74) is 9.07. The van der Waals surface area contributed by atoms with Crippen molar-refractivity contribution in [1.29, 1.82) is 0 Å². The third-order valence-corrected chi connectivity index (χ3v) is 7.32. The molecular formula is C31H34N4. The molecule has 6 rings (SSSR count). The Morgan fingerprint density at radius 3 is 2.26 bits per heavy atom. The largest absolute Gasteiger partial charge is 0.367 e. The molecule has 35 heavy (non-hydrogen) atoms. The van der Waals surface area contributed by atoms with E-state index in [1.54, 1.807) is 0 Å². The number of aromatic amines is 1. The molecule has 0 spiro atoms. The Kier molecular flexibility index (Phi) is 6.50. The predicted molar refractivity (Wildman–Crippen MR) is 145 cm³/mol. The molecule has 3 aliphatic carbocycles. The van der Waals surface area contributed by atoms with Gasteiger partial charge in [0, 0.05) is 12.4 Å². The third kappa shape index (κ3) is 4.96. The molecule has 1 saturated heterocycles. The average Bonchev–Trinajstić information content (AvgIpc) is 3.49. The van der Waals surface area contributed by atoms with Gasteiger partial charge in [-0.15, -0.1) is 0 Å². The minimum Gasteiger partial charge on any atom is -0.367 e. The van der Waals surface area contributed by atoms with Crippen molar-refractivity contribution in [3.05, 3.63) is 114 Å². The SMILES string of the molecule is C1=CCCC(C2NC(C3=CCCC=C3)NC(c3cc(C4=CCCC=C4)cc(-c4cc[nH]c4)c3)N2)=C1. The van der Waals surface area contributed by atoms with E-state index in [2.05, 4.69) is 106 Å². The zero-order chi connectivity index (χ0) is 23.5. The van der Waals surface area contributed by atoms with Crippen molar-refractivity contribution in [2.45, 2.75) is 57.0 Å². The molecule has 3 unspecified atom stereocenters. The summed E-state index contributed by atoms with van der Waals surface area (Å²) in [6.07, 6.45) is 31.6. The molecule has 2 aromatic rings. The van der Waals surface area contributed by atoms with E-state index in [1.165, 1.54) is 39.0 Å². The molecule has 4 N–H and O–H groups in total. The van der Waals surface area contributed by atoms with Crippen LogP contribution in [0.1, 0.15) is 55.8 Å². The number of hydrogen-bond donors (Lipinski definition) is 4. The van der Waals surface area contributed by atoms with Crippen molar-refractivity contribution in [2.24, 2.45) is 0 Å². The Morgan fingerprint density at radius 1 is 0.686 bits per heavy atom. The van der Waals surface area contributed by atoms with E-state index in [0.29, 0.717) is 0 Å². The van der Waals surface area contributed by atoms with Crippen LogP contribution in [0.25, 0.3) is 16.7 Å². The van der Waals surface area contributed by atoms with Crippen molar-refractivity contribution >= 4 is 5.57 Å². The average molecular weight is 463 g/mol. The van der Waals surface area contributed by atoms with Crippen LogP contribution in [-0.2, 0) is 0 Å². The van der Waals surface area contributed by atoms with Crippen LogP contribution in [0.3, 0.4) is 0 Å². The molecule has 4 nitrogen and oxygen atoms in total. The second-order valence-corrected chi connectivity index (χ2v) is 9.77. The quantitative estimate of drug-likeness (QED) is 0.416. The Morgan fingerprint density at radius 2 is 1.51 bits per heavy atom. The topological polar surface area (TPSA) is 51.9 Å². The number of hydrogen-bond acceptors (Lipinski definition) is 3. The lowest BCUT2D eigenvalue weighted by atomic mass is 9.92. The van der Waals surface area contributed by atoms with Gasteiger partial charge in [-0.3, -0.25) is 16.0 Å². The number of benzene rings is 1. The molecule has 1 aromatic carbocycles. The summed E-state index contributed by atoms with van der Waals surface area (Å²) >= 11 is 0. The first kappa shape index (κ1) is 22.3. The summed E-state index contributed by atoms with van der Waals surface area (Å²) in [5.74, 6) is 0. The number of aromatic nitrogens is 1. The smallest absolute Gasteiger partial charge is 0.0864 e. The molecule has 178 valence electrons. The van der Waals surface area contributed by atoms with Gasteiger partial charge in [0.2, 0.25) is 0 Å². The Labute approximate surface area is 208 Å². The van der Waals surface area contributed by atoms with Crippen molar-refractivity contribution in [3.63, 3.8) is 0 Å². The maximum Gasteiger partial charge on any atom is 0.0864 e. The van der Waals surface area contributed by atoms with Crippen LogP contribution in [0, 0.1) is 0 Å². The maximum absolute atomic E-state index is 3.89. The summed E-state index contributed by atoms with van der Waals surface area (Å²) < 4.78 is 0. The first-order chi connectivity index (χ1) is 17.3. The van der Waals surface area contributed by atoms with Crippen molar-refractivity contribution in [1.82, 2.24) is 20.9 Å². The Hall–Kier alpha value is -3.18. The molecule has 1 fully saturated rings. The normalized spacial score (nSPS) is 26.3. The molecule has 0 amide bonds. The minimum atomic E-state index is 0.0279. The highest BCUT2D eigenvalue weighted by atomic mass is 15.4. The minimum absolute atomic E-state index is 0.0279. The monoisotopic (exact) mass is 462 g/mol. The van der Waals surface area contributed by atoms with Crippen LogP contribution in [0.15, 0.2) is 102 Å². The van der Waals surface area contributed by atoms with Crippen LogP contribution in [-0.4, -0.2) is 17.3 Å². The first-order valence-electron chi connectivity index (χ1n) is 13.0. The summed E-state index contributed by atoms with van der Waals surface area (Å²) in [6.45, 7) is 0. The van der Waals surface area contributed by atoms with Gasteiger partial charge < -0.3 is 4.98 Å². The molecule has 1 aromatic heterocycles. The molecular weight excluding hydrogens is 428 g/mol. The van der Waals surface area contributed by atoms with Crippen molar-refractivity contribution in [2.75, 3.05) is 0 Å². The molecule has 4 heteroatoms. The van der Waals surface area contributed by atoms with Gasteiger partial charge in [-0.05, 0) is 102 Å². The molecule has 2 heterocycles. The van der Waals surface area contributed by atoms with Crippen LogP contribution < -0.4 is 16.0 Å². The second kappa shape index (κ2) is 10.2. The van der Waals surface area contributed by atoms with E-state index < -0.39 is 0 Å². The fourth-order valence-electron chi connectivity index (χ4n) is 5.44. The zero-order valence-corrected chi connectivity index (χ0v) is 20.1. The van der Waals surface area contributed by atoms with Crippen molar-refractivity contribution in [3.8, 4) is 11.1 Å². The molecule has 0 radical (unpaired) electrons. The second-order valence-electron chi connectivity index (χ2n) is 9.77.